The predicted molar refractivity (Wildman–Crippen MR) is 61.0 cm³/mol. The summed E-state index contributed by atoms with van der Waals surface area (Å²) < 4.78 is 1.81. The lowest BCUT2D eigenvalue weighted by molar-refractivity contribution is -0.141. The van der Waals surface area contributed by atoms with Crippen LogP contribution in [-0.2, 0) is 18.4 Å². The van der Waals surface area contributed by atoms with E-state index in [1.165, 1.54) is 0 Å². The zero-order valence-corrected chi connectivity index (χ0v) is 10.1. The van der Waals surface area contributed by atoms with Crippen LogP contribution in [0.3, 0.4) is 0 Å². The first kappa shape index (κ1) is 12.7. The van der Waals surface area contributed by atoms with Gasteiger partial charge in [-0.2, -0.15) is 5.10 Å². The van der Waals surface area contributed by atoms with Crippen LogP contribution in [0.1, 0.15) is 19.5 Å². The molecule has 16 heavy (non-hydrogen) atoms. The maximum Gasteiger partial charge on any atom is 0.307 e. The zero-order chi connectivity index (χ0) is 12.1. The smallest absolute Gasteiger partial charge is 0.307 e. The van der Waals surface area contributed by atoms with Gasteiger partial charge in [0.1, 0.15) is 0 Å². The predicted octanol–water partition coefficient (Wildman–Crippen LogP) is 0.963. The summed E-state index contributed by atoms with van der Waals surface area (Å²) in [5.74, 6) is -1.09. The zero-order valence-electron chi connectivity index (χ0n) is 10.1. The van der Waals surface area contributed by atoms with Crippen LogP contribution in [0, 0.1) is 5.92 Å². The van der Waals surface area contributed by atoms with Crippen LogP contribution in [0.15, 0.2) is 12.3 Å². The number of aliphatic carboxylic acids is 1. The molecule has 0 aromatic carbocycles. The molecule has 1 rings (SSSR count). The lowest BCUT2D eigenvalue weighted by Gasteiger charge is -2.22. The summed E-state index contributed by atoms with van der Waals surface area (Å²) in [5, 5.41) is 13.0. The van der Waals surface area contributed by atoms with Crippen molar-refractivity contribution in [3.8, 4) is 0 Å². The van der Waals surface area contributed by atoms with Gasteiger partial charge in [0.15, 0.2) is 0 Å². The molecule has 0 saturated carbocycles. The fourth-order valence-corrected chi connectivity index (χ4v) is 1.56. The molecule has 5 heteroatoms. The molecule has 1 N–H and O–H groups in total. The summed E-state index contributed by atoms with van der Waals surface area (Å²) in [6, 6.07) is 1.95. The maximum absolute atomic E-state index is 10.8. The van der Waals surface area contributed by atoms with Crippen molar-refractivity contribution in [1.82, 2.24) is 14.7 Å². The molecule has 0 amide bonds. The average Bonchev–Trinajstić information content (AvgIpc) is 2.63. The third-order valence-corrected chi connectivity index (χ3v) is 2.71. The number of aryl methyl sites for hydroxylation is 1. The molecule has 0 aliphatic rings. The Hall–Kier alpha value is -1.36. The number of nitrogens with zero attached hydrogens (tertiary/aromatic N) is 3. The highest BCUT2D eigenvalue weighted by atomic mass is 16.4. The molecule has 1 atom stereocenters. The van der Waals surface area contributed by atoms with E-state index in [2.05, 4.69) is 10.00 Å². The molecule has 0 saturated heterocycles. The van der Waals surface area contributed by atoms with Crippen molar-refractivity contribution in [2.45, 2.75) is 20.4 Å². The van der Waals surface area contributed by atoms with E-state index in [4.69, 9.17) is 5.11 Å². The normalized spacial score (nSPS) is 13.0. The van der Waals surface area contributed by atoms with Gasteiger partial charge in [0, 0.05) is 26.3 Å². The highest BCUT2D eigenvalue weighted by Crippen LogP contribution is 2.06. The monoisotopic (exact) mass is 225 g/mol. The van der Waals surface area contributed by atoms with Gasteiger partial charge in [-0.3, -0.25) is 14.4 Å². The molecule has 1 aromatic rings. The van der Waals surface area contributed by atoms with Crippen LogP contribution >= 0.6 is 0 Å². The van der Waals surface area contributed by atoms with E-state index in [1.807, 2.05) is 24.7 Å². The Bertz CT molecular complexity index is 349. The topological polar surface area (TPSA) is 58.4 Å². The van der Waals surface area contributed by atoms with Gasteiger partial charge < -0.3 is 5.11 Å². The third kappa shape index (κ3) is 3.34. The number of hydrogen-bond acceptors (Lipinski definition) is 3. The lowest BCUT2D eigenvalue weighted by atomic mass is 10.1. The Balaban J connectivity index is 2.56. The molecule has 90 valence electrons. The fourth-order valence-electron chi connectivity index (χ4n) is 1.56. The Morgan fingerprint density at radius 2 is 2.38 bits per heavy atom. The van der Waals surface area contributed by atoms with Crippen LogP contribution < -0.4 is 0 Å². The Morgan fingerprint density at radius 1 is 1.69 bits per heavy atom. The number of carbonyl (C=O) groups is 1. The van der Waals surface area contributed by atoms with E-state index >= 15 is 0 Å². The van der Waals surface area contributed by atoms with Gasteiger partial charge in [0.25, 0.3) is 0 Å². The molecule has 5 nitrogen and oxygen atoms in total. The minimum absolute atomic E-state index is 0.340. The quantitative estimate of drug-likeness (QED) is 0.783. The summed E-state index contributed by atoms with van der Waals surface area (Å²) in [7, 11) is 1.89. The Kier molecular flexibility index (Phi) is 4.49. The molecule has 0 aliphatic carbocycles. The summed E-state index contributed by atoms with van der Waals surface area (Å²) in [5.41, 5.74) is 1.10. The number of rotatable bonds is 6. The van der Waals surface area contributed by atoms with Gasteiger partial charge in [-0.15, -0.1) is 0 Å². The van der Waals surface area contributed by atoms with Crippen LogP contribution in [0.25, 0.3) is 0 Å². The van der Waals surface area contributed by atoms with E-state index in [0.717, 1.165) is 18.8 Å². The van der Waals surface area contributed by atoms with Crippen molar-refractivity contribution < 1.29 is 9.90 Å². The number of carboxylic acid groups (broad SMARTS) is 1. The summed E-state index contributed by atoms with van der Waals surface area (Å²) >= 11 is 0. The van der Waals surface area contributed by atoms with Crippen LogP contribution in [0.4, 0.5) is 0 Å². The first-order valence-corrected chi connectivity index (χ1v) is 5.46. The van der Waals surface area contributed by atoms with Gasteiger partial charge >= 0.3 is 5.97 Å². The molecule has 1 heterocycles. The SMILES string of the molecule is CCN(Cc1ccnn1C)CC(C)C(=O)O. The average molecular weight is 225 g/mol. The third-order valence-electron chi connectivity index (χ3n) is 2.71. The first-order valence-electron chi connectivity index (χ1n) is 5.46. The summed E-state index contributed by atoms with van der Waals surface area (Å²) in [6.45, 7) is 5.91. The molecule has 0 bridgehead atoms. The van der Waals surface area contributed by atoms with Gasteiger partial charge in [0.2, 0.25) is 0 Å². The molecule has 0 fully saturated rings. The number of carboxylic acids is 1. The molecule has 0 radical (unpaired) electrons. The largest absolute Gasteiger partial charge is 0.481 e. The second-order valence-electron chi connectivity index (χ2n) is 4.01. The molecule has 0 aliphatic heterocycles. The van der Waals surface area contributed by atoms with Gasteiger partial charge in [-0.05, 0) is 12.6 Å². The van der Waals surface area contributed by atoms with Crippen LogP contribution in [-0.4, -0.2) is 38.8 Å². The number of aromatic nitrogens is 2. The van der Waals surface area contributed by atoms with Crippen molar-refractivity contribution in [3.05, 3.63) is 18.0 Å². The maximum atomic E-state index is 10.8. The number of hydrogen-bond donors (Lipinski definition) is 1. The van der Waals surface area contributed by atoms with Crippen LogP contribution in [0.2, 0.25) is 0 Å². The molecule has 1 unspecified atom stereocenters. The summed E-state index contributed by atoms with van der Waals surface area (Å²) in [6.07, 6.45) is 1.75. The fraction of sp³-hybridized carbons (Fsp3) is 0.636. The molecular weight excluding hydrogens is 206 g/mol. The van der Waals surface area contributed by atoms with Gasteiger partial charge in [-0.25, -0.2) is 0 Å². The van der Waals surface area contributed by atoms with E-state index < -0.39 is 5.97 Å². The molecule has 1 aromatic heterocycles. The highest BCUT2D eigenvalue weighted by Gasteiger charge is 2.15. The minimum Gasteiger partial charge on any atom is -0.481 e. The standard InChI is InChI=1S/C11H19N3O2/c1-4-14(7-9(2)11(15)16)8-10-5-6-12-13(10)3/h5-6,9H,4,7-8H2,1-3H3,(H,15,16). The first-order chi connectivity index (χ1) is 7.54. The van der Waals surface area contributed by atoms with E-state index in [1.54, 1.807) is 13.1 Å². The van der Waals surface area contributed by atoms with E-state index in [0.29, 0.717) is 6.54 Å². The Morgan fingerprint density at radius 3 is 2.81 bits per heavy atom. The van der Waals surface area contributed by atoms with Crippen molar-refractivity contribution in [3.63, 3.8) is 0 Å². The van der Waals surface area contributed by atoms with Crippen LogP contribution in [0.5, 0.6) is 0 Å². The second kappa shape index (κ2) is 5.65. The lowest BCUT2D eigenvalue weighted by Crippen LogP contribution is -2.32. The Labute approximate surface area is 95.7 Å². The second-order valence-corrected chi connectivity index (χ2v) is 4.01. The van der Waals surface area contributed by atoms with E-state index in [-0.39, 0.29) is 5.92 Å². The van der Waals surface area contributed by atoms with Gasteiger partial charge in [-0.1, -0.05) is 13.8 Å². The van der Waals surface area contributed by atoms with Crippen molar-refractivity contribution >= 4 is 5.97 Å². The van der Waals surface area contributed by atoms with Crippen molar-refractivity contribution in [2.75, 3.05) is 13.1 Å². The molecule has 0 spiro atoms. The minimum atomic E-state index is -0.747. The molecular formula is C11H19N3O2. The summed E-state index contributed by atoms with van der Waals surface area (Å²) in [4.78, 5) is 12.9. The van der Waals surface area contributed by atoms with E-state index in [9.17, 15) is 4.79 Å². The highest BCUT2D eigenvalue weighted by molar-refractivity contribution is 5.69. The van der Waals surface area contributed by atoms with Crippen molar-refractivity contribution in [2.24, 2.45) is 13.0 Å². The van der Waals surface area contributed by atoms with Crippen molar-refractivity contribution in [1.29, 1.82) is 0 Å². The van der Waals surface area contributed by atoms with Gasteiger partial charge in [0.05, 0.1) is 11.6 Å².